The average Bonchev–Trinajstić information content (AvgIpc) is 2.63. The van der Waals surface area contributed by atoms with Crippen molar-refractivity contribution in [2.45, 2.75) is 46.1 Å². The molecule has 0 fully saturated rings. The summed E-state index contributed by atoms with van der Waals surface area (Å²) in [6.07, 6.45) is 2.70. The van der Waals surface area contributed by atoms with E-state index in [1.807, 2.05) is 27.7 Å². The normalized spacial score (nSPS) is 18.9. The Morgan fingerprint density at radius 3 is 2.39 bits per heavy atom. The van der Waals surface area contributed by atoms with Crippen molar-refractivity contribution < 1.29 is 23.0 Å². The number of nitrogens with one attached hydrogen (secondary N) is 1. The van der Waals surface area contributed by atoms with Gasteiger partial charge in [0.1, 0.15) is 29.5 Å². The molecule has 1 aliphatic rings. The van der Waals surface area contributed by atoms with Crippen LogP contribution in [0.25, 0.3) is 0 Å². The van der Waals surface area contributed by atoms with Crippen molar-refractivity contribution in [2.24, 2.45) is 0 Å². The van der Waals surface area contributed by atoms with Gasteiger partial charge in [-0.05, 0) is 81.5 Å². The maximum atomic E-state index is 11.3. The minimum Gasteiger partial charge on any atom is -0.507 e. The number of phenols is 1. The molecular formula is C21H27NO5S. The van der Waals surface area contributed by atoms with Gasteiger partial charge in [0.15, 0.2) is 0 Å². The molecule has 1 aliphatic heterocycles. The van der Waals surface area contributed by atoms with Crippen molar-refractivity contribution in [1.29, 1.82) is 0 Å². The second kappa shape index (κ2) is 7.20. The van der Waals surface area contributed by atoms with Crippen LogP contribution in [0.5, 0.6) is 17.2 Å². The second-order valence-electron chi connectivity index (χ2n) is 7.77. The van der Waals surface area contributed by atoms with Gasteiger partial charge in [0.05, 0.1) is 6.26 Å². The first-order chi connectivity index (χ1) is 13.0. The number of aromatic hydroxyl groups is 1. The molecule has 0 saturated carbocycles. The van der Waals surface area contributed by atoms with E-state index in [-0.39, 0.29) is 0 Å². The molecule has 0 bridgehead atoms. The lowest BCUT2D eigenvalue weighted by atomic mass is 9.87. The third-order valence-corrected chi connectivity index (χ3v) is 5.90. The molecule has 0 aliphatic carbocycles. The SMILES string of the molecule is Cc1c(C)c2c(c(C)c1O)CCC(C)(COc1ccc(NS(C)(=O)=O)cc1)O2. The summed E-state index contributed by atoms with van der Waals surface area (Å²) in [5, 5.41) is 10.3. The Morgan fingerprint density at radius 2 is 1.79 bits per heavy atom. The van der Waals surface area contributed by atoms with Crippen LogP contribution in [0.2, 0.25) is 0 Å². The van der Waals surface area contributed by atoms with Gasteiger partial charge in [-0.3, -0.25) is 4.72 Å². The number of sulfonamides is 1. The molecule has 3 rings (SSSR count). The summed E-state index contributed by atoms with van der Waals surface area (Å²) in [5.74, 6) is 1.84. The van der Waals surface area contributed by atoms with Crippen LogP contribution in [0.3, 0.4) is 0 Å². The summed E-state index contributed by atoms with van der Waals surface area (Å²) in [6.45, 7) is 8.18. The molecule has 28 heavy (non-hydrogen) atoms. The standard InChI is InChI=1S/C21H27NO5S/c1-13-14(2)20-18(15(3)19(13)23)10-11-21(4,27-20)12-26-17-8-6-16(7-9-17)22-28(5,24)25/h6-9,22-23H,10-12H2,1-5H3. The lowest BCUT2D eigenvalue weighted by Gasteiger charge is -2.37. The molecular weight excluding hydrogens is 378 g/mol. The number of anilines is 1. The largest absolute Gasteiger partial charge is 0.507 e. The fourth-order valence-electron chi connectivity index (χ4n) is 3.47. The molecule has 2 N–H and O–H groups in total. The minimum absolute atomic E-state index is 0.350. The van der Waals surface area contributed by atoms with Crippen LogP contribution in [-0.4, -0.2) is 32.0 Å². The van der Waals surface area contributed by atoms with Crippen molar-refractivity contribution in [2.75, 3.05) is 17.6 Å². The summed E-state index contributed by atoms with van der Waals surface area (Å²) in [6, 6.07) is 6.78. The number of phenolic OH excluding ortho intramolecular Hbond substituents is 1. The van der Waals surface area contributed by atoms with E-state index in [9.17, 15) is 13.5 Å². The first-order valence-electron chi connectivity index (χ1n) is 9.20. The van der Waals surface area contributed by atoms with E-state index in [0.29, 0.717) is 23.8 Å². The van der Waals surface area contributed by atoms with Gasteiger partial charge in [-0.1, -0.05) is 0 Å². The highest BCUT2D eigenvalue weighted by Gasteiger charge is 2.35. The monoisotopic (exact) mass is 405 g/mol. The maximum Gasteiger partial charge on any atom is 0.229 e. The third-order valence-electron chi connectivity index (χ3n) is 5.29. The van der Waals surface area contributed by atoms with Crippen LogP contribution < -0.4 is 14.2 Å². The number of rotatable bonds is 5. The molecule has 0 spiro atoms. The fraction of sp³-hybridized carbons (Fsp3) is 0.429. The van der Waals surface area contributed by atoms with Crippen LogP contribution in [0.15, 0.2) is 24.3 Å². The maximum absolute atomic E-state index is 11.3. The Hall–Kier alpha value is -2.41. The van der Waals surface area contributed by atoms with E-state index in [1.54, 1.807) is 24.3 Å². The van der Waals surface area contributed by atoms with Gasteiger partial charge in [-0.25, -0.2) is 8.42 Å². The van der Waals surface area contributed by atoms with E-state index >= 15 is 0 Å². The highest BCUT2D eigenvalue weighted by molar-refractivity contribution is 7.92. The number of benzene rings is 2. The van der Waals surface area contributed by atoms with Crippen molar-refractivity contribution in [3.8, 4) is 17.2 Å². The third kappa shape index (κ3) is 4.19. The van der Waals surface area contributed by atoms with Crippen LogP contribution in [0, 0.1) is 20.8 Å². The average molecular weight is 406 g/mol. The molecule has 0 saturated heterocycles. The van der Waals surface area contributed by atoms with Crippen LogP contribution in [0.1, 0.15) is 35.6 Å². The molecule has 7 heteroatoms. The molecule has 1 atom stereocenters. The summed E-state index contributed by atoms with van der Waals surface area (Å²) in [5.41, 5.74) is 3.75. The zero-order valence-corrected chi connectivity index (χ0v) is 17.7. The number of ether oxygens (including phenoxy) is 2. The van der Waals surface area contributed by atoms with Gasteiger partial charge >= 0.3 is 0 Å². The second-order valence-corrected chi connectivity index (χ2v) is 9.52. The van der Waals surface area contributed by atoms with Crippen LogP contribution >= 0.6 is 0 Å². The van der Waals surface area contributed by atoms with Gasteiger partial charge in [0, 0.05) is 11.3 Å². The van der Waals surface area contributed by atoms with E-state index < -0.39 is 15.6 Å². The van der Waals surface area contributed by atoms with Crippen molar-refractivity contribution in [3.63, 3.8) is 0 Å². The smallest absolute Gasteiger partial charge is 0.229 e. The first kappa shape index (κ1) is 20.3. The molecule has 2 aromatic carbocycles. The molecule has 6 nitrogen and oxygen atoms in total. The fourth-order valence-corrected chi connectivity index (χ4v) is 4.03. The molecule has 1 unspecified atom stereocenters. The Kier molecular flexibility index (Phi) is 5.23. The highest BCUT2D eigenvalue weighted by Crippen LogP contribution is 2.43. The summed E-state index contributed by atoms with van der Waals surface area (Å²) >= 11 is 0. The summed E-state index contributed by atoms with van der Waals surface area (Å²) in [4.78, 5) is 0. The van der Waals surface area contributed by atoms with E-state index in [0.717, 1.165) is 47.1 Å². The van der Waals surface area contributed by atoms with Crippen molar-refractivity contribution >= 4 is 15.7 Å². The van der Waals surface area contributed by atoms with Gasteiger partial charge in [0.25, 0.3) is 0 Å². The van der Waals surface area contributed by atoms with Gasteiger partial charge in [-0.15, -0.1) is 0 Å². The van der Waals surface area contributed by atoms with E-state index in [4.69, 9.17) is 9.47 Å². The Balaban J connectivity index is 1.73. The van der Waals surface area contributed by atoms with Crippen molar-refractivity contribution in [3.05, 3.63) is 46.5 Å². The zero-order chi connectivity index (χ0) is 20.7. The Labute approximate surface area is 166 Å². The van der Waals surface area contributed by atoms with E-state index in [1.165, 1.54) is 0 Å². The van der Waals surface area contributed by atoms with Crippen molar-refractivity contribution in [1.82, 2.24) is 0 Å². The van der Waals surface area contributed by atoms with Gasteiger partial charge < -0.3 is 14.6 Å². The number of hydrogen-bond acceptors (Lipinski definition) is 5. The van der Waals surface area contributed by atoms with Crippen LogP contribution in [0.4, 0.5) is 5.69 Å². The number of fused-ring (bicyclic) bond motifs is 1. The lowest BCUT2D eigenvalue weighted by Crippen LogP contribution is -2.42. The lowest BCUT2D eigenvalue weighted by molar-refractivity contribution is 0.0166. The van der Waals surface area contributed by atoms with Gasteiger partial charge in [-0.2, -0.15) is 0 Å². The summed E-state index contributed by atoms with van der Waals surface area (Å²) < 4.78 is 37.3. The minimum atomic E-state index is -3.30. The Bertz CT molecular complexity index is 999. The Morgan fingerprint density at radius 1 is 1.14 bits per heavy atom. The topological polar surface area (TPSA) is 84.9 Å². The van der Waals surface area contributed by atoms with Crippen LogP contribution in [-0.2, 0) is 16.4 Å². The molecule has 0 amide bonds. The quantitative estimate of drug-likeness (QED) is 0.789. The predicted octanol–water partition coefficient (Wildman–Crippen LogP) is 3.85. The van der Waals surface area contributed by atoms with Gasteiger partial charge in [0.2, 0.25) is 10.0 Å². The highest BCUT2D eigenvalue weighted by atomic mass is 32.2. The van der Waals surface area contributed by atoms with E-state index in [2.05, 4.69) is 4.72 Å². The molecule has 1 heterocycles. The first-order valence-corrected chi connectivity index (χ1v) is 11.1. The zero-order valence-electron chi connectivity index (χ0n) is 16.9. The summed E-state index contributed by atoms with van der Waals surface area (Å²) in [7, 11) is -3.30. The molecule has 0 radical (unpaired) electrons. The molecule has 0 aromatic heterocycles. The predicted molar refractivity (Wildman–Crippen MR) is 110 cm³/mol. The molecule has 152 valence electrons. The number of hydrogen-bond donors (Lipinski definition) is 2. The molecule has 2 aromatic rings.